The Morgan fingerprint density at radius 2 is 1.56 bits per heavy atom. The van der Waals surface area contributed by atoms with Crippen LogP contribution in [0.1, 0.15) is 0 Å². The van der Waals surface area contributed by atoms with E-state index in [-0.39, 0.29) is 5.56 Å². The minimum atomic E-state index is -0.212. The maximum atomic E-state index is 13.5. The molecule has 5 nitrogen and oxygen atoms in total. The Labute approximate surface area is 194 Å². The molecule has 3 aromatic carbocycles. The van der Waals surface area contributed by atoms with Crippen molar-refractivity contribution < 1.29 is 0 Å². The Hall–Kier alpha value is -3.61. The van der Waals surface area contributed by atoms with Gasteiger partial charge in [-0.15, -0.1) is 0 Å². The average Bonchev–Trinajstić information content (AvgIpc) is 3.37. The minimum Gasteiger partial charge on any atom is -0.303 e. The van der Waals surface area contributed by atoms with Gasteiger partial charge >= 0.3 is 0 Å². The first-order chi connectivity index (χ1) is 15.7. The van der Waals surface area contributed by atoms with Gasteiger partial charge in [-0.1, -0.05) is 65.8 Å². The fourth-order valence-electron chi connectivity index (χ4n) is 3.34. The van der Waals surface area contributed by atoms with Crippen molar-refractivity contribution in [2.75, 3.05) is 0 Å². The molecule has 0 radical (unpaired) electrons. The summed E-state index contributed by atoms with van der Waals surface area (Å²) in [7, 11) is 0. The van der Waals surface area contributed by atoms with Gasteiger partial charge in [-0.3, -0.25) is 4.79 Å². The number of imidazole rings is 1. The van der Waals surface area contributed by atoms with Crippen LogP contribution in [0.5, 0.6) is 0 Å². The van der Waals surface area contributed by atoms with Gasteiger partial charge in [0.05, 0.1) is 23.9 Å². The Balaban J connectivity index is 1.56. The second-order valence-corrected chi connectivity index (χ2v) is 8.53. The highest BCUT2D eigenvalue weighted by Crippen LogP contribution is 2.31. The molecule has 0 aliphatic heterocycles. The summed E-state index contributed by atoms with van der Waals surface area (Å²) in [4.78, 5) is 19.1. The van der Waals surface area contributed by atoms with E-state index in [0.29, 0.717) is 21.3 Å². The fraction of sp³-hybridized carbons (Fsp3) is 0. The maximum Gasteiger partial charge on any atom is 0.287 e. The van der Waals surface area contributed by atoms with Crippen molar-refractivity contribution in [1.29, 1.82) is 0 Å². The number of rotatable bonds is 5. The van der Waals surface area contributed by atoms with Crippen LogP contribution in [0.3, 0.4) is 0 Å². The summed E-state index contributed by atoms with van der Waals surface area (Å²) in [5.41, 5.74) is 3.39. The predicted molar refractivity (Wildman–Crippen MR) is 128 cm³/mol. The van der Waals surface area contributed by atoms with Gasteiger partial charge in [0.2, 0.25) is 0 Å². The first-order valence-corrected chi connectivity index (χ1v) is 11.1. The van der Waals surface area contributed by atoms with E-state index < -0.39 is 0 Å². The molecule has 0 saturated heterocycles. The van der Waals surface area contributed by atoms with Crippen LogP contribution < -0.4 is 5.56 Å². The molecule has 0 bridgehead atoms. The molecule has 0 aliphatic carbocycles. The van der Waals surface area contributed by atoms with Crippen molar-refractivity contribution in [2.24, 2.45) is 0 Å². The average molecular weight is 457 g/mol. The van der Waals surface area contributed by atoms with Gasteiger partial charge in [-0.05, 0) is 47.5 Å². The second-order valence-electron chi connectivity index (χ2n) is 7.01. The standard InChI is InChI=1S/C25H17ClN4OS/c26-20-8-10-21(11-9-20)30-25(31)24(23(16-28-30)29-15-14-27-17-29)32-22-12-6-19(7-13-22)18-4-2-1-3-5-18/h1-17H. The molecule has 2 aromatic heterocycles. The molecule has 0 fully saturated rings. The molecule has 0 unspecified atom stereocenters. The van der Waals surface area contributed by atoms with Gasteiger partial charge in [0.15, 0.2) is 0 Å². The van der Waals surface area contributed by atoms with Crippen LogP contribution in [0.25, 0.3) is 22.5 Å². The van der Waals surface area contributed by atoms with E-state index in [2.05, 4.69) is 34.3 Å². The van der Waals surface area contributed by atoms with Crippen LogP contribution in [0.15, 0.2) is 118 Å². The lowest BCUT2D eigenvalue weighted by atomic mass is 10.1. The molecule has 5 rings (SSSR count). The van der Waals surface area contributed by atoms with E-state index in [4.69, 9.17) is 11.6 Å². The molecule has 0 atom stereocenters. The van der Waals surface area contributed by atoms with E-state index in [9.17, 15) is 4.79 Å². The molecule has 0 N–H and O–H groups in total. The quantitative estimate of drug-likeness (QED) is 0.331. The largest absolute Gasteiger partial charge is 0.303 e. The third-order valence-electron chi connectivity index (χ3n) is 4.95. The van der Waals surface area contributed by atoms with Gasteiger partial charge in [-0.25, -0.2) is 4.98 Å². The van der Waals surface area contributed by atoms with Gasteiger partial charge in [0, 0.05) is 22.3 Å². The lowest BCUT2D eigenvalue weighted by molar-refractivity contribution is 0.766. The van der Waals surface area contributed by atoms with E-state index in [1.807, 2.05) is 30.3 Å². The van der Waals surface area contributed by atoms with Crippen molar-refractivity contribution >= 4 is 23.4 Å². The molecule has 156 valence electrons. The van der Waals surface area contributed by atoms with Gasteiger partial charge in [-0.2, -0.15) is 9.78 Å². The Bertz CT molecular complexity index is 1400. The summed E-state index contributed by atoms with van der Waals surface area (Å²) in [5, 5.41) is 4.99. The summed E-state index contributed by atoms with van der Waals surface area (Å²) in [6, 6.07) is 25.4. The molecular formula is C25H17ClN4OS. The molecular weight excluding hydrogens is 440 g/mol. The van der Waals surface area contributed by atoms with E-state index >= 15 is 0 Å². The Morgan fingerprint density at radius 1 is 0.844 bits per heavy atom. The van der Waals surface area contributed by atoms with Gasteiger partial charge in [0.1, 0.15) is 4.90 Å². The number of aromatic nitrogens is 4. The highest BCUT2D eigenvalue weighted by atomic mass is 35.5. The number of halogens is 1. The number of hydrogen-bond donors (Lipinski definition) is 0. The van der Waals surface area contributed by atoms with Crippen molar-refractivity contribution in [3.63, 3.8) is 0 Å². The zero-order valence-electron chi connectivity index (χ0n) is 16.8. The van der Waals surface area contributed by atoms with E-state index in [1.165, 1.54) is 16.4 Å². The normalized spacial score (nSPS) is 10.9. The molecule has 0 aliphatic rings. The number of nitrogens with zero attached hydrogens (tertiary/aromatic N) is 4. The van der Waals surface area contributed by atoms with Crippen molar-refractivity contribution in [3.05, 3.63) is 119 Å². The highest BCUT2D eigenvalue weighted by molar-refractivity contribution is 7.99. The third kappa shape index (κ3) is 4.10. The van der Waals surface area contributed by atoms with Crippen molar-refractivity contribution in [2.45, 2.75) is 9.79 Å². The summed E-state index contributed by atoms with van der Waals surface area (Å²) >= 11 is 7.41. The minimum absolute atomic E-state index is 0.212. The van der Waals surface area contributed by atoms with E-state index in [0.717, 1.165) is 16.0 Å². The lowest BCUT2D eigenvalue weighted by Gasteiger charge is -2.12. The van der Waals surface area contributed by atoms with Crippen LogP contribution in [0.4, 0.5) is 0 Å². The monoisotopic (exact) mass is 456 g/mol. The zero-order chi connectivity index (χ0) is 21.9. The predicted octanol–water partition coefficient (Wildman–Crippen LogP) is 5.89. The van der Waals surface area contributed by atoms with Crippen LogP contribution in [-0.2, 0) is 0 Å². The molecule has 0 amide bonds. The van der Waals surface area contributed by atoms with Crippen molar-refractivity contribution in [1.82, 2.24) is 19.3 Å². The van der Waals surface area contributed by atoms with Crippen LogP contribution in [-0.4, -0.2) is 19.3 Å². The Kier molecular flexibility index (Phi) is 5.62. The van der Waals surface area contributed by atoms with Gasteiger partial charge in [0.25, 0.3) is 5.56 Å². The lowest BCUT2D eigenvalue weighted by Crippen LogP contribution is -2.24. The molecule has 32 heavy (non-hydrogen) atoms. The first-order valence-electron chi connectivity index (χ1n) is 9.89. The molecule has 0 spiro atoms. The van der Waals surface area contributed by atoms with Gasteiger partial charge < -0.3 is 4.57 Å². The number of benzene rings is 3. The molecule has 2 heterocycles. The second kappa shape index (κ2) is 8.86. The molecule has 0 saturated carbocycles. The summed E-state index contributed by atoms with van der Waals surface area (Å²) in [6.07, 6.45) is 6.81. The topological polar surface area (TPSA) is 52.7 Å². The molecule has 7 heteroatoms. The van der Waals surface area contributed by atoms with Crippen LogP contribution in [0, 0.1) is 0 Å². The summed E-state index contributed by atoms with van der Waals surface area (Å²) < 4.78 is 3.18. The van der Waals surface area contributed by atoms with E-state index in [1.54, 1.807) is 53.8 Å². The first kappa shape index (κ1) is 20.3. The van der Waals surface area contributed by atoms with Crippen LogP contribution in [0.2, 0.25) is 5.02 Å². The summed E-state index contributed by atoms with van der Waals surface area (Å²) in [6.45, 7) is 0. The van der Waals surface area contributed by atoms with Crippen molar-refractivity contribution in [3.8, 4) is 22.5 Å². The highest BCUT2D eigenvalue weighted by Gasteiger charge is 2.16. The SMILES string of the molecule is O=c1c(Sc2ccc(-c3ccccc3)cc2)c(-n2ccnc2)cnn1-c1ccc(Cl)cc1. The molecule has 5 aromatic rings. The fourth-order valence-corrected chi connectivity index (χ4v) is 4.41. The Morgan fingerprint density at radius 3 is 2.25 bits per heavy atom. The summed E-state index contributed by atoms with van der Waals surface area (Å²) in [5.74, 6) is 0. The van der Waals surface area contributed by atoms with Crippen LogP contribution >= 0.6 is 23.4 Å². The smallest absolute Gasteiger partial charge is 0.287 e. The zero-order valence-corrected chi connectivity index (χ0v) is 18.4. The third-order valence-corrected chi connectivity index (χ3v) is 6.30. The number of hydrogen-bond acceptors (Lipinski definition) is 4. The maximum absolute atomic E-state index is 13.5.